The van der Waals surface area contributed by atoms with Crippen LogP contribution >= 0.6 is 34.2 Å². The number of rotatable bonds is 6. The molecule has 0 N–H and O–H groups in total. The Bertz CT molecular complexity index is 1410. The Kier molecular flexibility index (Phi) is 6.47. The van der Waals surface area contributed by atoms with Crippen LogP contribution in [0, 0.1) is 3.57 Å². The van der Waals surface area contributed by atoms with Crippen LogP contribution in [0.25, 0.3) is 0 Å². The topological polar surface area (TPSA) is 93.2 Å². The molecule has 0 radical (unpaired) electrons. The van der Waals surface area contributed by atoms with E-state index in [0.717, 1.165) is 12.8 Å². The third-order valence-corrected chi connectivity index (χ3v) is 8.59. The second-order valence-corrected chi connectivity index (χ2v) is 11.5. The number of hydrogen-bond acceptors (Lipinski definition) is 6. The third kappa shape index (κ3) is 4.63. The van der Waals surface area contributed by atoms with E-state index < -0.39 is 27.9 Å². The van der Waals surface area contributed by atoms with Gasteiger partial charge in [-0.2, -0.15) is 4.31 Å². The molecule has 0 bridgehead atoms. The number of anilines is 1. The first-order valence-electron chi connectivity index (χ1n) is 10.5. The number of amides is 2. The summed E-state index contributed by atoms with van der Waals surface area (Å²) in [7, 11) is -4.18. The van der Waals surface area contributed by atoms with E-state index in [4.69, 9.17) is 21.1 Å². The van der Waals surface area contributed by atoms with Gasteiger partial charge in [-0.1, -0.05) is 17.7 Å². The lowest BCUT2D eigenvalue weighted by Crippen LogP contribution is -2.45. The van der Waals surface area contributed by atoms with Crippen molar-refractivity contribution < 1.29 is 27.5 Å². The number of hydrogen-bond donors (Lipinski definition) is 0. The van der Waals surface area contributed by atoms with E-state index in [1.165, 1.54) is 24.3 Å². The maximum Gasteiger partial charge on any atom is 0.252 e. The lowest BCUT2D eigenvalue weighted by Gasteiger charge is -2.27. The molecular weight excluding hydrogens is 607 g/mol. The van der Waals surface area contributed by atoms with Gasteiger partial charge in [0.05, 0.1) is 17.0 Å². The van der Waals surface area contributed by atoms with Gasteiger partial charge in [-0.05, 0) is 88.8 Å². The Morgan fingerprint density at radius 3 is 2.37 bits per heavy atom. The highest BCUT2D eigenvalue weighted by atomic mass is 127. The predicted molar refractivity (Wildman–Crippen MR) is 137 cm³/mol. The number of fused-ring (bicyclic) bond motifs is 1. The monoisotopic (exact) mass is 624 g/mol. The number of carbonyl (C=O) groups excluding carboxylic acids is 2. The van der Waals surface area contributed by atoms with Crippen molar-refractivity contribution in [2.24, 2.45) is 0 Å². The van der Waals surface area contributed by atoms with E-state index in [9.17, 15) is 18.0 Å². The molecule has 8 nitrogen and oxygen atoms in total. The molecule has 2 aliphatic heterocycles. The van der Waals surface area contributed by atoms with Crippen LogP contribution in [-0.4, -0.2) is 37.4 Å². The minimum absolute atomic E-state index is 0.0318. The molecule has 0 saturated carbocycles. The van der Waals surface area contributed by atoms with Gasteiger partial charge in [0, 0.05) is 15.1 Å². The van der Waals surface area contributed by atoms with E-state index in [1.807, 2.05) is 0 Å². The zero-order valence-corrected chi connectivity index (χ0v) is 21.8. The Hall–Kier alpha value is -2.67. The fourth-order valence-corrected chi connectivity index (χ4v) is 6.08. The molecule has 0 aromatic heterocycles. The molecular formula is C24H18ClIN2O6S. The molecule has 180 valence electrons. The first-order valence-corrected chi connectivity index (χ1v) is 13.4. The first kappa shape index (κ1) is 24.0. The van der Waals surface area contributed by atoms with Crippen molar-refractivity contribution in [3.63, 3.8) is 0 Å². The Morgan fingerprint density at radius 1 is 0.971 bits per heavy atom. The summed E-state index contributed by atoms with van der Waals surface area (Å²) in [6.45, 7) is -0.0715. The first-order chi connectivity index (χ1) is 16.7. The normalized spacial score (nSPS) is 17.5. The van der Waals surface area contributed by atoms with Crippen LogP contribution in [-0.2, 0) is 26.2 Å². The molecule has 1 fully saturated rings. The minimum Gasteiger partial charge on any atom is -0.454 e. The van der Waals surface area contributed by atoms with Gasteiger partial charge in [0.25, 0.3) is 5.91 Å². The molecule has 1 saturated heterocycles. The van der Waals surface area contributed by atoms with E-state index in [1.54, 1.807) is 42.5 Å². The highest BCUT2D eigenvalue weighted by Crippen LogP contribution is 2.35. The van der Waals surface area contributed by atoms with Gasteiger partial charge in [-0.15, -0.1) is 0 Å². The number of imide groups is 1. The average Bonchev–Trinajstić information content (AvgIpc) is 3.41. The highest BCUT2D eigenvalue weighted by Gasteiger charge is 2.47. The standard InChI is InChI=1S/C24H18ClIN2O6S/c25-16-2-8-19(9-3-16)35(31,32)27(13-15-1-10-21-22(11-15)34-14-33-21)20-12-23(29)28(24(20)30)18-6-4-17(26)5-7-18/h1-11,20H,12-14H2. The van der Waals surface area contributed by atoms with E-state index in [0.29, 0.717) is 27.8 Å². The number of nitrogens with zero attached hydrogens (tertiary/aromatic N) is 2. The Labute approximate surface area is 220 Å². The summed E-state index contributed by atoms with van der Waals surface area (Å²) in [4.78, 5) is 27.4. The van der Waals surface area contributed by atoms with Crippen LogP contribution in [0.4, 0.5) is 5.69 Å². The van der Waals surface area contributed by atoms with Crippen molar-refractivity contribution in [3.8, 4) is 11.5 Å². The molecule has 11 heteroatoms. The van der Waals surface area contributed by atoms with Crippen molar-refractivity contribution in [1.29, 1.82) is 0 Å². The van der Waals surface area contributed by atoms with E-state index in [2.05, 4.69) is 22.6 Å². The van der Waals surface area contributed by atoms with Gasteiger partial charge in [0.15, 0.2) is 11.5 Å². The van der Waals surface area contributed by atoms with Gasteiger partial charge >= 0.3 is 0 Å². The SMILES string of the molecule is O=C1CC(N(Cc2ccc3c(c2)OCO3)S(=O)(=O)c2ccc(Cl)cc2)C(=O)N1c1ccc(I)cc1. The van der Waals surface area contributed by atoms with Crippen molar-refractivity contribution in [2.75, 3.05) is 11.7 Å². The second-order valence-electron chi connectivity index (χ2n) is 7.96. The number of sulfonamides is 1. The van der Waals surface area contributed by atoms with Crippen LogP contribution in [0.1, 0.15) is 12.0 Å². The lowest BCUT2D eigenvalue weighted by atomic mass is 10.1. The van der Waals surface area contributed by atoms with Crippen LogP contribution in [0.3, 0.4) is 0 Å². The predicted octanol–water partition coefficient (Wildman–Crippen LogP) is 4.20. The smallest absolute Gasteiger partial charge is 0.252 e. The molecule has 5 rings (SSSR count). The van der Waals surface area contributed by atoms with Gasteiger partial charge in [0.1, 0.15) is 6.04 Å². The summed E-state index contributed by atoms with van der Waals surface area (Å²) < 4.78 is 40.3. The average molecular weight is 625 g/mol. The molecule has 0 spiro atoms. The van der Waals surface area contributed by atoms with Gasteiger partial charge < -0.3 is 9.47 Å². The van der Waals surface area contributed by atoms with Crippen molar-refractivity contribution in [1.82, 2.24) is 4.31 Å². The highest BCUT2D eigenvalue weighted by molar-refractivity contribution is 14.1. The number of halogens is 2. The molecule has 35 heavy (non-hydrogen) atoms. The van der Waals surface area contributed by atoms with E-state index in [-0.39, 0.29) is 24.7 Å². The molecule has 3 aromatic rings. The molecule has 0 aliphatic carbocycles. The van der Waals surface area contributed by atoms with Crippen LogP contribution < -0.4 is 14.4 Å². The number of benzene rings is 3. The molecule has 1 atom stereocenters. The third-order valence-electron chi connectivity index (χ3n) is 5.75. The Morgan fingerprint density at radius 2 is 1.66 bits per heavy atom. The van der Waals surface area contributed by atoms with Crippen molar-refractivity contribution in [2.45, 2.75) is 23.9 Å². The maximum atomic E-state index is 13.8. The minimum atomic E-state index is -4.18. The largest absolute Gasteiger partial charge is 0.454 e. The quantitative estimate of drug-likeness (QED) is 0.302. The Balaban J connectivity index is 1.54. The lowest BCUT2D eigenvalue weighted by molar-refractivity contribution is -0.122. The summed E-state index contributed by atoms with van der Waals surface area (Å²) in [5.74, 6) is -0.0313. The molecule has 2 heterocycles. The summed E-state index contributed by atoms with van der Waals surface area (Å²) in [5, 5.41) is 0.378. The molecule has 2 aliphatic rings. The summed E-state index contributed by atoms with van der Waals surface area (Å²) in [5.41, 5.74) is 0.981. The van der Waals surface area contributed by atoms with Gasteiger partial charge in [-0.25, -0.2) is 13.3 Å². The van der Waals surface area contributed by atoms with Gasteiger partial charge in [-0.3, -0.25) is 9.59 Å². The van der Waals surface area contributed by atoms with Crippen molar-refractivity contribution >= 4 is 61.7 Å². The van der Waals surface area contributed by atoms with E-state index >= 15 is 0 Å². The summed E-state index contributed by atoms with van der Waals surface area (Å²) >= 11 is 8.08. The summed E-state index contributed by atoms with van der Waals surface area (Å²) in [6, 6.07) is 16.4. The zero-order valence-electron chi connectivity index (χ0n) is 18.1. The maximum absolute atomic E-state index is 13.8. The van der Waals surface area contributed by atoms with Crippen LogP contribution in [0.15, 0.2) is 71.6 Å². The second kappa shape index (κ2) is 9.41. The van der Waals surface area contributed by atoms with Gasteiger partial charge in [0.2, 0.25) is 22.7 Å². The number of ether oxygens (including phenoxy) is 2. The molecule has 1 unspecified atom stereocenters. The summed E-state index contributed by atoms with van der Waals surface area (Å²) in [6.07, 6.45) is -0.276. The molecule has 2 amide bonds. The number of carbonyl (C=O) groups is 2. The fourth-order valence-electron chi connectivity index (χ4n) is 4.03. The van der Waals surface area contributed by atoms with Crippen LogP contribution in [0.5, 0.6) is 11.5 Å². The van der Waals surface area contributed by atoms with Crippen LogP contribution in [0.2, 0.25) is 5.02 Å². The zero-order chi connectivity index (χ0) is 24.7. The van der Waals surface area contributed by atoms with Crippen molar-refractivity contribution in [3.05, 3.63) is 80.9 Å². The fraction of sp³-hybridized carbons (Fsp3) is 0.167. The molecule has 3 aromatic carbocycles.